The Hall–Kier alpha value is -2.13. The van der Waals surface area contributed by atoms with E-state index in [0.29, 0.717) is 6.42 Å². The average molecular weight is 372 g/mol. The number of aryl methyl sites for hydroxylation is 3. The summed E-state index contributed by atoms with van der Waals surface area (Å²) >= 11 is 0. The van der Waals surface area contributed by atoms with Crippen molar-refractivity contribution in [3.05, 3.63) is 65.2 Å². The van der Waals surface area contributed by atoms with Crippen LogP contribution in [0, 0.1) is 13.8 Å². The van der Waals surface area contributed by atoms with Crippen molar-refractivity contribution < 1.29 is 9.53 Å². The van der Waals surface area contributed by atoms with Gasteiger partial charge in [-0.2, -0.15) is 0 Å². The summed E-state index contributed by atoms with van der Waals surface area (Å²) in [5.74, 6) is 1.23. The van der Waals surface area contributed by atoms with Gasteiger partial charge in [0.05, 0.1) is 6.61 Å². The molecule has 0 aromatic heterocycles. The van der Waals surface area contributed by atoms with Crippen molar-refractivity contribution in [2.75, 3.05) is 13.2 Å². The van der Waals surface area contributed by atoms with E-state index in [-0.39, 0.29) is 13.2 Å². The number of nitrogens with two attached hydrogens (primary N) is 1. The largest absolute Gasteiger partial charge is 0.494 e. The van der Waals surface area contributed by atoms with Crippen LogP contribution in [0.5, 0.6) is 5.75 Å². The molecular formula is C24H37NO2. The quantitative estimate of drug-likeness (QED) is 0.579. The van der Waals surface area contributed by atoms with Gasteiger partial charge in [-0.05, 0) is 70.7 Å². The van der Waals surface area contributed by atoms with Crippen LogP contribution in [0.1, 0.15) is 56.7 Å². The average Bonchev–Trinajstić information content (AvgIpc) is 2.62. The van der Waals surface area contributed by atoms with Crippen LogP contribution in [0.3, 0.4) is 0 Å². The first kappa shape index (κ1) is 24.9. The summed E-state index contributed by atoms with van der Waals surface area (Å²) in [6, 6.07) is 16.6. The molecule has 0 fully saturated rings. The van der Waals surface area contributed by atoms with Crippen LogP contribution in [-0.4, -0.2) is 18.9 Å². The monoisotopic (exact) mass is 371 g/mol. The van der Waals surface area contributed by atoms with Gasteiger partial charge in [0.1, 0.15) is 11.5 Å². The molecule has 0 amide bonds. The number of unbranched alkanes of at least 4 members (excludes halogenated alkanes) is 1. The molecule has 0 spiro atoms. The minimum Gasteiger partial charge on any atom is -0.494 e. The summed E-state index contributed by atoms with van der Waals surface area (Å²) in [6.07, 6.45) is 4.75. The van der Waals surface area contributed by atoms with Crippen molar-refractivity contribution in [2.24, 2.45) is 5.73 Å². The number of hydrogen-bond acceptors (Lipinski definition) is 3. The van der Waals surface area contributed by atoms with Crippen molar-refractivity contribution in [3.63, 3.8) is 0 Å². The van der Waals surface area contributed by atoms with Gasteiger partial charge in [-0.25, -0.2) is 0 Å². The van der Waals surface area contributed by atoms with E-state index >= 15 is 0 Å². The van der Waals surface area contributed by atoms with Gasteiger partial charge in [-0.3, -0.25) is 0 Å². The second-order valence-electron chi connectivity index (χ2n) is 6.70. The molecule has 2 rings (SSSR count). The highest BCUT2D eigenvalue weighted by molar-refractivity contribution is 5.75. The van der Waals surface area contributed by atoms with Crippen molar-refractivity contribution >= 4 is 5.78 Å². The molecule has 0 saturated heterocycles. The van der Waals surface area contributed by atoms with E-state index in [2.05, 4.69) is 50.2 Å². The van der Waals surface area contributed by atoms with Gasteiger partial charge in [-0.15, -0.1) is 0 Å². The smallest absolute Gasteiger partial charge is 0.129 e. The van der Waals surface area contributed by atoms with Crippen LogP contribution in [0.25, 0.3) is 0 Å². The van der Waals surface area contributed by atoms with Crippen LogP contribution in [0.4, 0.5) is 0 Å². The van der Waals surface area contributed by atoms with E-state index < -0.39 is 0 Å². The number of hydrogen-bond donors (Lipinski definition) is 1. The topological polar surface area (TPSA) is 52.3 Å². The maximum atomic E-state index is 10.7. The number of ketones is 1. The fourth-order valence-electron chi connectivity index (χ4n) is 2.37. The number of Topliss-reactive ketones (excluding diaryl/α,β-unsaturated/α-hetero) is 1. The van der Waals surface area contributed by atoms with Crippen LogP contribution >= 0.6 is 0 Å². The molecule has 0 aliphatic carbocycles. The van der Waals surface area contributed by atoms with Gasteiger partial charge >= 0.3 is 0 Å². The third-order valence-electron chi connectivity index (χ3n) is 4.00. The van der Waals surface area contributed by atoms with Gasteiger partial charge < -0.3 is 15.3 Å². The second kappa shape index (κ2) is 15.0. The molecule has 3 heteroatoms. The molecule has 0 heterocycles. The van der Waals surface area contributed by atoms with Gasteiger partial charge in [-0.1, -0.05) is 55.0 Å². The Bertz CT molecular complexity index is 618. The first-order valence-corrected chi connectivity index (χ1v) is 9.46. The molecule has 27 heavy (non-hydrogen) atoms. The van der Waals surface area contributed by atoms with E-state index in [0.717, 1.165) is 44.6 Å². The highest BCUT2D eigenvalue weighted by atomic mass is 16.5. The summed E-state index contributed by atoms with van der Waals surface area (Å²) in [4.78, 5) is 10.7. The maximum Gasteiger partial charge on any atom is 0.129 e. The zero-order valence-corrected chi connectivity index (χ0v) is 16.5. The fourth-order valence-corrected chi connectivity index (χ4v) is 2.37. The Labute approximate surface area is 165 Å². The molecule has 0 aliphatic heterocycles. The summed E-state index contributed by atoms with van der Waals surface area (Å²) < 4.78 is 5.51. The summed E-state index contributed by atoms with van der Waals surface area (Å²) in [6.45, 7) is 7.31. The third kappa shape index (κ3) is 12.8. The second-order valence-corrected chi connectivity index (χ2v) is 6.70. The summed E-state index contributed by atoms with van der Waals surface area (Å²) in [5.41, 5.74) is 9.24. The predicted molar refractivity (Wildman–Crippen MR) is 116 cm³/mol. The van der Waals surface area contributed by atoms with Crippen LogP contribution in [-0.2, 0) is 11.2 Å². The highest BCUT2D eigenvalue weighted by Crippen LogP contribution is 2.11. The molecule has 2 N–H and O–H groups in total. The number of carbonyl (C=O) groups excluding carboxylic acids is 1. The number of benzene rings is 2. The lowest BCUT2D eigenvalue weighted by Gasteiger charge is -2.05. The Morgan fingerprint density at radius 2 is 1.44 bits per heavy atom. The number of rotatable bonds is 9. The number of carbonyl (C=O) groups is 1. The van der Waals surface area contributed by atoms with Crippen LogP contribution < -0.4 is 10.5 Å². The molecule has 150 valence electrons. The van der Waals surface area contributed by atoms with E-state index in [4.69, 9.17) is 10.5 Å². The molecule has 2 aromatic rings. The van der Waals surface area contributed by atoms with E-state index in [1.165, 1.54) is 16.7 Å². The Balaban J connectivity index is 0.000000483. The first-order chi connectivity index (χ1) is 12.5. The molecule has 2 aromatic carbocycles. The van der Waals surface area contributed by atoms with Crippen molar-refractivity contribution in [3.8, 4) is 5.75 Å². The summed E-state index contributed by atoms with van der Waals surface area (Å²) in [5, 5.41) is 0. The SMILES string of the molecule is C.CC(=O)CCCc1ccc(C)cc1.Cc1ccc(OCCCCN)cc1. The normalized spacial score (nSPS) is 9.63. The van der Waals surface area contributed by atoms with Crippen LogP contribution in [0.2, 0.25) is 0 Å². The molecule has 0 saturated carbocycles. The molecule has 0 atom stereocenters. The molecule has 0 aliphatic rings. The minimum atomic E-state index is 0. The zero-order valence-electron chi connectivity index (χ0n) is 16.5. The minimum absolute atomic E-state index is 0. The Morgan fingerprint density at radius 1 is 0.889 bits per heavy atom. The highest BCUT2D eigenvalue weighted by Gasteiger charge is 1.95. The predicted octanol–water partition coefficient (Wildman–Crippen LogP) is 5.66. The standard InChI is InChI=1S/C12H16O.C11H17NO.CH4/c1-10-6-8-12(9-7-10)5-3-4-11(2)13;1-10-4-6-11(7-5-10)13-9-3-2-8-12;/h6-9H,3-5H2,1-2H3;4-7H,2-3,8-9,12H2,1H3;1H4. The van der Waals surface area contributed by atoms with Gasteiger partial charge in [0.15, 0.2) is 0 Å². The number of ether oxygens (including phenoxy) is 1. The van der Waals surface area contributed by atoms with Crippen molar-refractivity contribution in [1.29, 1.82) is 0 Å². The molecule has 0 radical (unpaired) electrons. The lowest BCUT2D eigenvalue weighted by molar-refractivity contribution is -0.117. The Kier molecular flexibility index (Phi) is 13.8. The van der Waals surface area contributed by atoms with Gasteiger partial charge in [0, 0.05) is 6.42 Å². The third-order valence-corrected chi connectivity index (χ3v) is 4.00. The summed E-state index contributed by atoms with van der Waals surface area (Å²) in [7, 11) is 0. The Morgan fingerprint density at radius 3 is 1.96 bits per heavy atom. The van der Waals surface area contributed by atoms with Gasteiger partial charge in [0.2, 0.25) is 0 Å². The van der Waals surface area contributed by atoms with E-state index in [9.17, 15) is 4.79 Å². The zero-order chi connectivity index (χ0) is 19.2. The first-order valence-electron chi connectivity index (χ1n) is 9.46. The van der Waals surface area contributed by atoms with Gasteiger partial charge in [0.25, 0.3) is 0 Å². The van der Waals surface area contributed by atoms with Crippen molar-refractivity contribution in [2.45, 2.75) is 60.3 Å². The van der Waals surface area contributed by atoms with Crippen LogP contribution in [0.15, 0.2) is 48.5 Å². The molecule has 3 nitrogen and oxygen atoms in total. The molecular weight excluding hydrogens is 334 g/mol. The maximum absolute atomic E-state index is 10.7. The molecule has 0 bridgehead atoms. The molecule has 0 unspecified atom stereocenters. The van der Waals surface area contributed by atoms with E-state index in [1.54, 1.807) is 6.92 Å². The lowest BCUT2D eigenvalue weighted by Crippen LogP contribution is -2.03. The lowest BCUT2D eigenvalue weighted by atomic mass is 10.1. The van der Waals surface area contributed by atoms with E-state index in [1.807, 2.05) is 12.1 Å². The fraction of sp³-hybridized carbons (Fsp3) is 0.458. The van der Waals surface area contributed by atoms with Crippen molar-refractivity contribution in [1.82, 2.24) is 0 Å².